The van der Waals surface area contributed by atoms with E-state index in [1.54, 1.807) is 23.8 Å². The van der Waals surface area contributed by atoms with Crippen molar-refractivity contribution in [3.05, 3.63) is 29.9 Å². The van der Waals surface area contributed by atoms with Crippen LogP contribution in [0.2, 0.25) is 0 Å². The lowest BCUT2D eigenvalue weighted by molar-refractivity contribution is -0.139. The third kappa shape index (κ3) is 6.85. The molecule has 3 rings (SSSR count). The molecule has 9 nitrogen and oxygen atoms in total. The number of hydrogen-bond donors (Lipinski definition) is 2. The molecule has 1 fully saturated rings. The standard InChI is InChI=1S/C22H30N4O5/c1-30-20(28)13-18-11-10-17(14-23-18)21-24-22(31-26-21)16(12-19(27)25-29)9-5-8-15-6-3-2-4-7-15/h10-11,14-16,29H,2-9,12-13H2,1H3,(H,25,27)/t16-/m1/s1. The second-order valence-corrected chi connectivity index (χ2v) is 8.12. The van der Waals surface area contributed by atoms with Gasteiger partial charge in [-0.25, -0.2) is 5.48 Å². The Hall–Kier alpha value is -2.81. The fraction of sp³-hybridized carbons (Fsp3) is 0.591. The molecular formula is C22H30N4O5. The lowest BCUT2D eigenvalue weighted by atomic mass is 9.84. The van der Waals surface area contributed by atoms with Crippen molar-refractivity contribution < 1.29 is 24.1 Å². The van der Waals surface area contributed by atoms with Crippen LogP contribution in [0.25, 0.3) is 11.4 Å². The molecule has 0 radical (unpaired) electrons. The third-order valence-electron chi connectivity index (χ3n) is 5.87. The summed E-state index contributed by atoms with van der Waals surface area (Å²) >= 11 is 0. The van der Waals surface area contributed by atoms with Crippen molar-refractivity contribution in [2.24, 2.45) is 5.92 Å². The second-order valence-electron chi connectivity index (χ2n) is 8.12. The predicted octanol–water partition coefficient (Wildman–Crippen LogP) is 3.58. The number of methoxy groups -OCH3 is 1. The van der Waals surface area contributed by atoms with Gasteiger partial charge in [-0.3, -0.25) is 19.8 Å². The molecule has 2 heterocycles. The summed E-state index contributed by atoms with van der Waals surface area (Å²) in [5.74, 6) is 0.406. The lowest BCUT2D eigenvalue weighted by Gasteiger charge is -2.22. The molecule has 1 saturated carbocycles. The smallest absolute Gasteiger partial charge is 0.311 e. The van der Waals surface area contributed by atoms with Crippen molar-refractivity contribution >= 4 is 11.9 Å². The number of esters is 1. The molecule has 2 aromatic heterocycles. The van der Waals surface area contributed by atoms with E-state index in [4.69, 9.17) is 9.73 Å². The summed E-state index contributed by atoms with van der Waals surface area (Å²) in [6.07, 6.45) is 11.1. The molecule has 1 aliphatic carbocycles. The van der Waals surface area contributed by atoms with Crippen LogP contribution in [0, 0.1) is 5.92 Å². The fourth-order valence-electron chi connectivity index (χ4n) is 4.11. The van der Waals surface area contributed by atoms with Gasteiger partial charge in [-0.15, -0.1) is 0 Å². The zero-order valence-electron chi connectivity index (χ0n) is 17.9. The summed E-state index contributed by atoms with van der Waals surface area (Å²) in [5, 5.41) is 13.0. The molecule has 0 spiro atoms. The Bertz CT molecular complexity index is 846. The molecule has 31 heavy (non-hydrogen) atoms. The Labute approximate surface area is 181 Å². The molecule has 0 aromatic carbocycles. The minimum atomic E-state index is -0.476. The van der Waals surface area contributed by atoms with Crippen LogP contribution in [0.5, 0.6) is 0 Å². The summed E-state index contributed by atoms with van der Waals surface area (Å²) in [5.41, 5.74) is 2.93. The first kappa shape index (κ1) is 22.9. The number of pyridine rings is 1. The van der Waals surface area contributed by atoms with Crippen LogP contribution < -0.4 is 5.48 Å². The number of hydroxylamine groups is 1. The molecule has 0 aliphatic heterocycles. The zero-order chi connectivity index (χ0) is 22.1. The largest absolute Gasteiger partial charge is 0.469 e. The first-order valence-electron chi connectivity index (χ1n) is 10.9. The lowest BCUT2D eigenvalue weighted by Crippen LogP contribution is -2.21. The van der Waals surface area contributed by atoms with E-state index in [2.05, 4.69) is 19.9 Å². The minimum Gasteiger partial charge on any atom is -0.469 e. The summed E-state index contributed by atoms with van der Waals surface area (Å²) < 4.78 is 10.1. The number of nitrogens with one attached hydrogen (secondary N) is 1. The summed E-state index contributed by atoms with van der Waals surface area (Å²) in [7, 11) is 1.33. The van der Waals surface area contributed by atoms with Gasteiger partial charge in [0.25, 0.3) is 0 Å². The molecule has 2 aromatic rings. The van der Waals surface area contributed by atoms with E-state index in [-0.39, 0.29) is 24.7 Å². The molecule has 1 atom stereocenters. The van der Waals surface area contributed by atoms with Crippen molar-refractivity contribution in [1.29, 1.82) is 0 Å². The molecule has 0 bridgehead atoms. The van der Waals surface area contributed by atoms with E-state index in [0.717, 1.165) is 25.2 Å². The van der Waals surface area contributed by atoms with Gasteiger partial charge in [-0.1, -0.05) is 50.1 Å². The van der Waals surface area contributed by atoms with Crippen LogP contribution in [0.3, 0.4) is 0 Å². The molecule has 0 unspecified atom stereocenters. The van der Waals surface area contributed by atoms with E-state index < -0.39 is 5.91 Å². The quantitative estimate of drug-likeness (QED) is 0.333. The maximum Gasteiger partial charge on any atom is 0.311 e. The first-order chi connectivity index (χ1) is 15.1. The Balaban J connectivity index is 1.64. The van der Waals surface area contributed by atoms with Gasteiger partial charge in [0.1, 0.15) is 0 Å². The number of amides is 1. The maximum atomic E-state index is 11.8. The van der Waals surface area contributed by atoms with Crippen LogP contribution >= 0.6 is 0 Å². The molecule has 168 valence electrons. The first-order valence-corrected chi connectivity index (χ1v) is 10.9. The summed E-state index contributed by atoms with van der Waals surface area (Å²) in [6.45, 7) is 0. The van der Waals surface area contributed by atoms with E-state index in [1.807, 2.05) is 0 Å². The van der Waals surface area contributed by atoms with Crippen molar-refractivity contribution in [3.63, 3.8) is 0 Å². The highest BCUT2D eigenvalue weighted by Gasteiger charge is 2.23. The van der Waals surface area contributed by atoms with Crippen LogP contribution in [0.15, 0.2) is 22.9 Å². The summed E-state index contributed by atoms with van der Waals surface area (Å²) in [4.78, 5) is 31.9. The van der Waals surface area contributed by atoms with Gasteiger partial charge in [0, 0.05) is 24.1 Å². The number of carbonyl (C=O) groups is 2. The average molecular weight is 431 g/mol. The Morgan fingerprint density at radius 2 is 2.10 bits per heavy atom. The van der Waals surface area contributed by atoms with Crippen molar-refractivity contribution in [2.75, 3.05) is 7.11 Å². The molecule has 9 heteroatoms. The van der Waals surface area contributed by atoms with Crippen LogP contribution in [0.1, 0.15) is 75.3 Å². The second kappa shape index (κ2) is 11.5. The third-order valence-corrected chi connectivity index (χ3v) is 5.87. The Morgan fingerprint density at radius 1 is 1.29 bits per heavy atom. The van der Waals surface area contributed by atoms with Gasteiger partial charge >= 0.3 is 5.97 Å². The van der Waals surface area contributed by atoms with Crippen molar-refractivity contribution in [3.8, 4) is 11.4 Å². The van der Waals surface area contributed by atoms with Crippen LogP contribution in [-0.4, -0.2) is 39.3 Å². The van der Waals surface area contributed by atoms with Gasteiger partial charge < -0.3 is 9.26 Å². The van der Waals surface area contributed by atoms with Gasteiger partial charge in [-0.2, -0.15) is 4.98 Å². The molecular weight excluding hydrogens is 400 g/mol. The number of rotatable bonds is 10. The zero-order valence-corrected chi connectivity index (χ0v) is 17.9. The summed E-state index contributed by atoms with van der Waals surface area (Å²) in [6, 6.07) is 3.47. The van der Waals surface area contributed by atoms with E-state index in [1.165, 1.54) is 39.2 Å². The molecule has 1 amide bonds. The van der Waals surface area contributed by atoms with E-state index in [9.17, 15) is 9.59 Å². The van der Waals surface area contributed by atoms with Gasteiger partial charge in [0.2, 0.25) is 17.6 Å². The Morgan fingerprint density at radius 3 is 2.77 bits per heavy atom. The highest BCUT2D eigenvalue weighted by Crippen LogP contribution is 2.31. The maximum absolute atomic E-state index is 11.8. The number of carbonyl (C=O) groups excluding carboxylic acids is 2. The number of ether oxygens (including phenoxy) is 1. The highest BCUT2D eigenvalue weighted by molar-refractivity contribution is 5.75. The Kier molecular flexibility index (Phi) is 8.52. The van der Waals surface area contributed by atoms with Gasteiger partial charge in [0.05, 0.1) is 19.2 Å². The van der Waals surface area contributed by atoms with Crippen LogP contribution in [0.4, 0.5) is 0 Å². The van der Waals surface area contributed by atoms with E-state index >= 15 is 0 Å². The normalized spacial score (nSPS) is 15.4. The number of hydrogen-bond acceptors (Lipinski definition) is 8. The monoisotopic (exact) mass is 430 g/mol. The minimum absolute atomic E-state index is 0.0825. The predicted molar refractivity (Wildman–Crippen MR) is 111 cm³/mol. The highest BCUT2D eigenvalue weighted by atomic mass is 16.5. The number of nitrogens with zero attached hydrogens (tertiary/aromatic N) is 3. The van der Waals surface area contributed by atoms with Crippen LogP contribution in [-0.2, 0) is 20.7 Å². The average Bonchev–Trinajstić information content (AvgIpc) is 3.29. The van der Waals surface area contributed by atoms with Gasteiger partial charge in [0.15, 0.2) is 0 Å². The van der Waals surface area contributed by atoms with Gasteiger partial charge in [-0.05, 0) is 24.5 Å². The fourth-order valence-corrected chi connectivity index (χ4v) is 4.11. The van der Waals surface area contributed by atoms with E-state index in [0.29, 0.717) is 23.0 Å². The molecule has 1 aliphatic rings. The SMILES string of the molecule is COC(=O)Cc1ccc(-c2noc([C@H](CCCC3CCCCC3)CC(=O)NO)n2)cn1. The van der Waals surface area contributed by atoms with Crippen molar-refractivity contribution in [2.45, 2.75) is 70.1 Å². The van der Waals surface area contributed by atoms with Crippen molar-refractivity contribution in [1.82, 2.24) is 20.6 Å². The topological polar surface area (TPSA) is 127 Å². The molecule has 0 saturated heterocycles. The number of aromatic nitrogens is 3. The molecule has 2 N–H and O–H groups in total.